The van der Waals surface area contributed by atoms with Gasteiger partial charge in [-0.15, -0.1) is 0 Å². The molecule has 1 N–H and O–H groups in total. The van der Waals surface area contributed by atoms with Crippen LogP contribution in [0, 0.1) is 0 Å². The molecule has 1 aliphatic carbocycles. The molecule has 0 heterocycles. The van der Waals surface area contributed by atoms with Crippen LogP contribution in [0.25, 0.3) is 0 Å². The van der Waals surface area contributed by atoms with Crippen molar-refractivity contribution < 1.29 is 19.0 Å². The van der Waals surface area contributed by atoms with E-state index in [-0.39, 0.29) is 5.91 Å². The Kier molecular flexibility index (Phi) is 5.66. The topological polar surface area (TPSA) is 56.8 Å². The summed E-state index contributed by atoms with van der Waals surface area (Å²) in [6, 6.07) is 11.4. The second-order valence-electron chi connectivity index (χ2n) is 6.35. The van der Waals surface area contributed by atoms with Crippen LogP contribution in [0.1, 0.15) is 30.9 Å². The molecule has 1 amide bonds. The number of ether oxygens (including phenoxy) is 3. The molecule has 1 atom stereocenters. The van der Waals surface area contributed by atoms with Gasteiger partial charge in [0.1, 0.15) is 17.2 Å². The maximum atomic E-state index is 12.7. The average molecular weight is 355 g/mol. The summed E-state index contributed by atoms with van der Waals surface area (Å²) in [6.45, 7) is 1.93. The predicted octanol–water partition coefficient (Wildman–Crippen LogP) is 3.99. The molecule has 5 heteroatoms. The zero-order valence-corrected chi connectivity index (χ0v) is 15.5. The monoisotopic (exact) mass is 355 g/mol. The summed E-state index contributed by atoms with van der Waals surface area (Å²) >= 11 is 0. The summed E-state index contributed by atoms with van der Waals surface area (Å²) in [6.07, 6.45) is 3.38. The van der Waals surface area contributed by atoms with E-state index in [0.717, 1.165) is 18.6 Å². The van der Waals surface area contributed by atoms with Crippen LogP contribution in [-0.2, 0) is 17.6 Å². The smallest absolute Gasteiger partial charge is 0.265 e. The van der Waals surface area contributed by atoms with Crippen LogP contribution in [0.4, 0.5) is 5.69 Å². The first-order valence-electron chi connectivity index (χ1n) is 8.96. The zero-order valence-electron chi connectivity index (χ0n) is 15.5. The Labute approximate surface area is 154 Å². The highest BCUT2D eigenvalue weighted by atomic mass is 16.5. The van der Waals surface area contributed by atoms with E-state index in [0.29, 0.717) is 23.6 Å². The first-order valence-corrected chi connectivity index (χ1v) is 8.96. The fourth-order valence-electron chi connectivity index (χ4n) is 3.23. The maximum absolute atomic E-state index is 12.7. The van der Waals surface area contributed by atoms with Crippen molar-refractivity contribution in [2.75, 3.05) is 19.5 Å². The predicted molar refractivity (Wildman–Crippen MR) is 101 cm³/mol. The van der Waals surface area contributed by atoms with E-state index in [1.807, 2.05) is 13.0 Å². The molecule has 1 unspecified atom stereocenters. The number of anilines is 1. The van der Waals surface area contributed by atoms with Crippen LogP contribution in [0.15, 0.2) is 36.4 Å². The van der Waals surface area contributed by atoms with Gasteiger partial charge in [0, 0.05) is 6.07 Å². The Morgan fingerprint density at radius 1 is 1.04 bits per heavy atom. The third-order valence-corrected chi connectivity index (χ3v) is 4.68. The molecule has 0 spiro atoms. The summed E-state index contributed by atoms with van der Waals surface area (Å²) in [7, 11) is 3.15. The van der Waals surface area contributed by atoms with Gasteiger partial charge in [0.15, 0.2) is 6.10 Å². The third-order valence-electron chi connectivity index (χ3n) is 4.68. The lowest BCUT2D eigenvalue weighted by atomic mass is 10.1. The van der Waals surface area contributed by atoms with Gasteiger partial charge in [0.05, 0.1) is 19.9 Å². The van der Waals surface area contributed by atoms with E-state index in [1.165, 1.54) is 17.5 Å². The molecule has 0 saturated heterocycles. The standard InChI is InChI=1S/C21H25NO4/c1-4-19(26-17-9-8-14-6-5-7-15(14)12-17)21(23)22-18-13-16(24-2)10-11-20(18)25-3/h8-13,19H,4-7H2,1-3H3,(H,22,23). The second-order valence-corrected chi connectivity index (χ2v) is 6.35. The molecule has 0 aromatic heterocycles. The molecule has 3 rings (SSSR count). The SMILES string of the molecule is CCC(Oc1ccc2c(c1)CCC2)C(=O)Nc1cc(OC)ccc1OC. The summed E-state index contributed by atoms with van der Waals surface area (Å²) < 4.78 is 16.5. The summed E-state index contributed by atoms with van der Waals surface area (Å²) in [4.78, 5) is 12.7. The summed E-state index contributed by atoms with van der Waals surface area (Å²) in [5.74, 6) is 1.75. The number of hydrogen-bond acceptors (Lipinski definition) is 4. The third kappa shape index (κ3) is 3.93. The summed E-state index contributed by atoms with van der Waals surface area (Å²) in [5, 5.41) is 2.89. The normalized spacial score (nSPS) is 13.7. The molecule has 0 radical (unpaired) electrons. The van der Waals surface area contributed by atoms with Crippen LogP contribution in [-0.4, -0.2) is 26.2 Å². The van der Waals surface area contributed by atoms with Crippen molar-refractivity contribution in [1.82, 2.24) is 0 Å². The van der Waals surface area contributed by atoms with Crippen molar-refractivity contribution >= 4 is 11.6 Å². The van der Waals surface area contributed by atoms with E-state index >= 15 is 0 Å². The van der Waals surface area contributed by atoms with Crippen molar-refractivity contribution in [2.45, 2.75) is 38.7 Å². The van der Waals surface area contributed by atoms with Gasteiger partial charge in [-0.2, -0.15) is 0 Å². The Morgan fingerprint density at radius 2 is 1.81 bits per heavy atom. The number of fused-ring (bicyclic) bond motifs is 1. The average Bonchev–Trinajstić information content (AvgIpc) is 3.13. The van der Waals surface area contributed by atoms with Gasteiger partial charge in [-0.1, -0.05) is 13.0 Å². The summed E-state index contributed by atoms with van der Waals surface area (Å²) in [5.41, 5.74) is 3.27. The molecule has 0 aliphatic heterocycles. The minimum Gasteiger partial charge on any atom is -0.497 e. The van der Waals surface area contributed by atoms with E-state index in [2.05, 4.69) is 17.4 Å². The Morgan fingerprint density at radius 3 is 2.54 bits per heavy atom. The Balaban J connectivity index is 1.73. The highest BCUT2D eigenvalue weighted by molar-refractivity contribution is 5.95. The second kappa shape index (κ2) is 8.13. The van der Waals surface area contributed by atoms with Crippen molar-refractivity contribution in [1.29, 1.82) is 0 Å². The van der Waals surface area contributed by atoms with Crippen molar-refractivity contribution in [3.8, 4) is 17.2 Å². The van der Waals surface area contributed by atoms with Crippen molar-refractivity contribution in [2.24, 2.45) is 0 Å². The number of amides is 1. The van der Waals surface area contributed by atoms with Gasteiger partial charge in [-0.05, 0) is 61.1 Å². The van der Waals surface area contributed by atoms with Gasteiger partial charge in [0.25, 0.3) is 5.91 Å². The lowest BCUT2D eigenvalue weighted by Gasteiger charge is -2.19. The number of methoxy groups -OCH3 is 2. The molecular weight excluding hydrogens is 330 g/mol. The molecular formula is C21H25NO4. The highest BCUT2D eigenvalue weighted by Gasteiger charge is 2.21. The molecule has 0 bridgehead atoms. The van der Waals surface area contributed by atoms with Gasteiger partial charge in [-0.3, -0.25) is 4.79 Å². The molecule has 1 aliphatic rings. The van der Waals surface area contributed by atoms with Gasteiger partial charge in [-0.25, -0.2) is 0 Å². The number of rotatable bonds is 7. The lowest BCUT2D eigenvalue weighted by molar-refractivity contribution is -0.122. The molecule has 2 aromatic carbocycles. The number of carbonyl (C=O) groups excluding carboxylic acids is 1. The zero-order chi connectivity index (χ0) is 18.5. The molecule has 0 fully saturated rings. The number of aryl methyl sites for hydroxylation is 2. The van der Waals surface area contributed by atoms with Crippen LogP contribution in [0.3, 0.4) is 0 Å². The molecule has 2 aromatic rings. The van der Waals surface area contributed by atoms with Gasteiger partial charge in [0.2, 0.25) is 0 Å². The van der Waals surface area contributed by atoms with Crippen LogP contribution in [0.2, 0.25) is 0 Å². The van der Waals surface area contributed by atoms with Crippen molar-refractivity contribution in [3.05, 3.63) is 47.5 Å². The quantitative estimate of drug-likeness (QED) is 0.816. The molecule has 26 heavy (non-hydrogen) atoms. The van der Waals surface area contributed by atoms with Crippen LogP contribution >= 0.6 is 0 Å². The number of nitrogens with one attached hydrogen (secondary N) is 1. The van der Waals surface area contributed by atoms with E-state index < -0.39 is 6.10 Å². The van der Waals surface area contributed by atoms with Crippen molar-refractivity contribution in [3.63, 3.8) is 0 Å². The minimum absolute atomic E-state index is 0.209. The molecule has 5 nitrogen and oxygen atoms in total. The number of hydrogen-bond donors (Lipinski definition) is 1. The maximum Gasteiger partial charge on any atom is 0.265 e. The number of benzene rings is 2. The van der Waals surface area contributed by atoms with Crippen LogP contribution in [0.5, 0.6) is 17.2 Å². The Bertz CT molecular complexity index is 788. The van der Waals surface area contributed by atoms with E-state index in [1.54, 1.807) is 32.4 Å². The van der Waals surface area contributed by atoms with E-state index in [4.69, 9.17) is 14.2 Å². The lowest BCUT2D eigenvalue weighted by Crippen LogP contribution is -2.32. The largest absolute Gasteiger partial charge is 0.497 e. The van der Waals surface area contributed by atoms with Crippen LogP contribution < -0.4 is 19.5 Å². The van der Waals surface area contributed by atoms with Gasteiger partial charge >= 0.3 is 0 Å². The van der Waals surface area contributed by atoms with Gasteiger partial charge < -0.3 is 19.5 Å². The molecule has 138 valence electrons. The highest BCUT2D eigenvalue weighted by Crippen LogP contribution is 2.30. The first-order chi connectivity index (χ1) is 12.6. The Hall–Kier alpha value is -2.69. The fraction of sp³-hybridized carbons (Fsp3) is 0.381. The fourth-order valence-corrected chi connectivity index (χ4v) is 3.23. The molecule has 0 saturated carbocycles. The number of carbonyl (C=O) groups is 1. The van der Waals surface area contributed by atoms with E-state index in [9.17, 15) is 4.79 Å². The first kappa shape index (κ1) is 18.1. The minimum atomic E-state index is -0.578.